The van der Waals surface area contributed by atoms with E-state index in [4.69, 9.17) is 9.72 Å². The summed E-state index contributed by atoms with van der Waals surface area (Å²) in [5.74, 6) is 2.58. The summed E-state index contributed by atoms with van der Waals surface area (Å²) in [6.45, 7) is 18.0. The molecule has 1 heterocycles. The average molecular weight is 581 g/mol. The first-order valence-corrected chi connectivity index (χ1v) is 17.1. The van der Waals surface area contributed by atoms with E-state index >= 15 is 0 Å². The van der Waals surface area contributed by atoms with Crippen LogP contribution < -0.4 is 0 Å². The number of hydrogen-bond acceptors (Lipinski definition) is 4. The van der Waals surface area contributed by atoms with Gasteiger partial charge in [0.1, 0.15) is 12.9 Å². The standard InChI is InChI=1S/C39H52N2O2/c1-25-15-18-39(34(42)43-23-27-11-9-8-10-12-27)20-19-37(6)29(32(39)26(25)2)13-14-31-36(5)21-28-22-40-24-41-33(28)35(3,4)30(36)16-17-38(31,37)7/h8-13,22,24-26,30-32H,14-21,23H2,1-7H3/t25-,26+,30+,31-,32+,36+,37-,38-,39+/m1/s1. The molecule has 4 nitrogen and oxygen atoms in total. The predicted octanol–water partition coefficient (Wildman–Crippen LogP) is 8.89. The van der Waals surface area contributed by atoms with E-state index in [2.05, 4.69) is 77.9 Å². The first-order chi connectivity index (χ1) is 20.4. The summed E-state index contributed by atoms with van der Waals surface area (Å²) >= 11 is 0. The number of carbonyl (C=O) groups is 1. The molecule has 230 valence electrons. The molecule has 9 atom stereocenters. The molecule has 0 spiro atoms. The van der Waals surface area contributed by atoms with Gasteiger partial charge in [-0.25, -0.2) is 9.97 Å². The summed E-state index contributed by atoms with van der Waals surface area (Å²) in [6.07, 6.45) is 15.3. The first-order valence-electron chi connectivity index (χ1n) is 17.1. The Morgan fingerprint density at radius 1 is 0.953 bits per heavy atom. The van der Waals surface area contributed by atoms with E-state index in [0.717, 1.165) is 44.1 Å². The van der Waals surface area contributed by atoms with E-state index in [1.165, 1.54) is 24.1 Å². The highest BCUT2D eigenvalue weighted by Crippen LogP contribution is 2.75. The molecule has 0 radical (unpaired) electrons. The molecule has 4 heteroatoms. The van der Waals surface area contributed by atoms with Crippen molar-refractivity contribution in [2.24, 2.45) is 51.2 Å². The fourth-order valence-corrected chi connectivity index (χ4v) is 12.2. The van der Waals surface area contributed by atoms with Crippen molar-refractivity contribution in [2.75, 3.05) is 0 Å². The van der Waals surface area contributed by atoms with E-state index in [-0.39, 0.29) is 33.5 Å². The molecule has 0 unspecified atom stereocenters. The molecule has 0 aliphatic heterocycles. The maximum absolute atomic E-state index is 14.3. The summed E-state index contributed by atoms with van der Waals surface area (Å²) in [4.78, 5) is 23.6. The highest BCUT2D eigenvalue weighted by molar-refractivity contribution is 5.79. The number of ether oxygens (including phenoxy) is 1. The molecule has 3 saturated carbocycles. The topological polar surface area (TPSA) is 52.1 Å². The third-order valence-electron chi connectivity index (χ3n) is 14.7. The van der Waals surface area contributed by atoms with Gasteiger partial charge < -0.3 is 4.74 Å². The maximum Gasteiger partial charge on any atom is 0.313 e. The molecule has 1 aromatic heterocycles. The van der Waals surface area contributed by atoms with Gasteiger partial charge in [-0.2, -0.15) is 0 Å². The van der Waals surface area contributed by atoms with E-state index in [1.54, 1.807) is 11.9 Å². The maximum atomic E-state index is 14.3. The largest absolute Gasteiger partial charge is 0.460 e. The Morgan fingerprint density at radius 3 is 2.49 bits per heavy atom. The molecule has 7 rings (SSSR count). The lowest BCUT2D eigenvalue weighted by molar-refractivity contribution is -0.184. The van der Waals surface area contributed by atoms with Crippen LogP contribution >= 0.6 is 0 Å². The van der Waals surface area contributed by atoms with Gasteiger partial charge in [0.05, 0.1) is 11.1 Å². The number of rotatable bonds is 3. The SMILES string of the molecule is C[C@H]1[C@H](C)CC[C@]2(C(=O)OCc3ccccc3)CC[C@]3(C)C(=CC[C@@H]4[C@@]5(C)Cc6cncnc6C(C)(C)[C@@H]5CC[C@]43C)[C@H]12. The monoisotopic (exact) mass is 580 g/mol. The van der Waals surface area contributed by atoms with Crippen LogP contribution in [0, 0.1) is 51.2 Å². The minimum Gasteiger partial charge on any atom is -0.460 e. The van der Waals surface area contributed by atoms with Gasteiger partial charge in [0, 0.05) is 11.6 Å². The summed E-state index contributed by atoms with van der Waals surface area (Å²) in [5, 5.41) is 0. The summed E-state index contributed by atoms with van der Waals surface area (Å²) < 4.78 is 6.22. The molecular weight excluding hydrogens is 528 g/mol. The Kier molecular flexibility index (Phi) is 6.63. The number of benzene rings is 1. The van der Waals surface area contributed by atoms with Crippen LogP contribution in [0.15, 0.2) is 54.5 Å². The van der Waals surface area contributed by atoms with Gasteiger partial charge in [-0.1, -0.05) is 90.4 Å². The molecule has 0 N–H and O–H groups in total. The molecule has 2 aromatic rings. The molecule has 5 aliphatic carbocycles. The number of nitrogens with zero attached hydrogens (tertiary/aromatic N) is 2. The van der Waals surface area contributed by atoms with Gasteiger partial charge in [0.15, 0.2) is 0 Å². The van der Waals surface area contributed by atoms with Crippen molar-refractivity contribution in [3.63, 3.8) is 0 Å². The zero-order valence-corrected chi connectivity index (χ0v) is 27.6. The van der Waals surface area contributed by atoms with Crippen molar-refractivity contribution in [1.29, 1.82) is 0 Å². The van der Waals surface area contributed by atoms with Gasteiger partial charge in [-0.15, -0.1) is 0 Å². The van der Waals surface area contributed by atoms with Gasteiger partial charge in [-0.3, -0.25) is 4.79 Å². The van der Waals surface area contributed by atoms with Crippen molar-refractivity contribution in [3.8, 4) is 0 Å². The zero-order valence-electron chi connectivity index (χ0n) is 27.6. The number of fused-ring (bicyclic) bond motifs is 8. The Hall–Kier alpha value is -2.49. The van der Waals surface area contributed by atoms with Crippen LogP contribution in [-0.4, -0.2) is 15.9 Å². The lowest BCUT2D eigenvalue weighted by atomic mass is 9.33. The number of hydrogen-bond donors (Lipinski definition) is 0. The smallest absolute Gasteiger partial charge is 0.313 e. The second-order valence-corrected chi connectivity index (χ2v) is 16.7. The second-order valence-electron chi connectivity index (χ2n) is 16.7. The first kappa shape index (κ1) is 29.2. The van der Waals surface area contributed by atoms with Crippen molar-refractivity contribution in [2.45, 2.75) is 112 Å². The van der Waals surface area contributed by atoms with Crippen molar-refractivity contribution in [1.82, 2.24) is 9.97 Å². The molecular formula is C39H52N2O2. The van der Waals surface area contributed by atoms with Crippen LogP contribution in [0.4, 0.5) is 0 Å². The molecule has 0 bridgehead atoms. The van der Waals surface area contributed by atoms with Crippen LogP contribution in [0.3, 0.4) is 0 Å². The van der Waals surface area contributed by atoms with Gasteiger partial charge >= 0.3 is 5.97 Å². The molecule has 43 heavy (non-hydrogen) atoms. The normalized spacial score (nSPS) is 42.7. The fraction of sp³-hybridized carbons (Fsp3) is 0.667. The second kappa shape index (κ2) is 9.75. The van der Waals surface area contributed by atoms with Gasteiger partial charge in [0.2, 0.25) is 0 Å². The lowest BCUT2D eigenvalue weighted by Crippen LogP contribution is -2.65. The van der Waals surface area contributed by atoms with Crippen LogP contribution in [0.1, 0.15) is 110 Å². The molecule has 1 aromatic carbocycles. The minimum absolute atomic E-state index is 0.0368. The zero-order chi connectivity index (χ0) is 30.4. The molecule has 0 saturated heterocycles. The summed E-state index contributed by atoms with van der Waals surface area (Å²) in [7, 11) is 0. The Bertz CT molecular complexity index is 1450. The van der Waals surface area contributed by atoms with Crippen LogP contribution in [0.5, 0.6) is 0 Å². The number of esters is 1. The summed E-state index contributed by atoms with van der Waals surface area (Å²) in [6, 6.07) is 10.2. The average Bonchev–Trinajstić information content (AvgIpc) is 2.98. The number of allylic oxidation sites excluding steroid dienone is 2. The van der Waals surface area contributed by atoms with E-state index in [9.17, 15) is 4.79 Å². The molecule has 0 amide bonds. The Balaban J connectivity index is 1.27. The number of aromatic nitrogens is 2. The predicted molar refractivity (Wildman–Crippen MR) is 171 cm³/mol. The third kappa shape index (κ3) is 3.89. The van der Waals surface area contributed by atoms with Crippen molar-refractivity contribution >= 4 is 5.97 Å². The fourth-order valence-electron chi connectivity index (χ4n) is 12.2. The quantitative estimate of drug-likeness (QED) is 0.269. The molecule has 3 fully saturated rings. The number of carbonyl (C=O) groups excluding carboxylic acids is 1. The lowest BCUT2D eigenvalue weighted by Gasteiger charge is -2.70. The Morgan fingerprint density at radius 2 is 1.72 bits per heavy atom. The van der Waals surface area contributed by atoms with E-state index in [1.807, 2.05) is 18.2 Å². The van der Waals surface area contributed by atoms with Crippen LogP contribution in [0.2, 0.25) is 0 Å². The van der Waals surface area contributed by atoms with E-state index < -0.39 is 5.41 Å². The van der Waals surface area contributed by atoms with Gasteiger partial charge in [-0.05, 0) is 108 Å². The highest BCUT2D eigenvalue weighted by Gasteiger charge is 2.69. The van der Waals surface area contributed by atoms with E-state index in [0.29, 0.717) is 30.3 Å². The van der Waals surface area contributed by atoms with Gasteiger partial charge in [0.25, 0.3) is 0 Å². The van der Waals surface area contributed by atoms with Crippen molar-refractivity contribution < 1.29 is 9.53 Å². The summed E-state index contributed by atoms with van der Waals surface area (Å²) in [5.41, 5.74) is 5.40. The Labute approximate surface area is 259 Å². The highest BCUT2D eigenvalue weighted by atomic mass is 16.5. The van der Waals surface area contributed by atoms with Crippen LogP contribution in [0.25, 0.3) is 0 Å². The molecule has 5 aliphatic rings. The minimum atomic E-state index is -0.403. The third-order valence-corrected chi connectivity index (χ3v) is 14.7. The van der Waals surface area contributed by atoms with Crippen molar-refractivity contribution in [3.05, 3.63) is 71.3 Å². The van der Waals surface area contributed by atoms with Crippen LogP contribution in [-0.2, 0) is 28.0 Å².